The zero-order chi connectivity index (χ0) is 24.0. The number of anilines is 2. The fourth-order valence-corrected chi connectivity index (χ4v) is 4.44. The summed E-state index contributed by atoms with van der Waals surface area (Å²) in [6.45, 7) is 1.91. The molecule has 0 N–H and O–H groups in total. The Kier molecular flexibility index (Phi) is 5.47. The summed E-state index contributed by atoms with van der Waals surface area (Å²) in [5, 5.41) is 4.34. The molecule has 0 atom stereocenters. The molecular weight excluding hydrogens is 469 g/mol. The van der Waals surface area contributed by atoms with E-state index in [1.54, 1.807) is 17.7 Å². The number of imidazole rings is 1. The van der Waals surface area contributed by atoms with E-state index in [4.69, 9.17) is 11.6 Å². The standard InChI is InChI=1S/C23H20ClF3N6O/c1-30-18-8-3-2-7-17(18)29-22(30)33-21(34)20(24)19(14-28-33)32-11-9-31(10-12-32)16-6-4-5-15(13-16)23(25,26)27/h2-8,13-14H,9-12H2,1H3. The van der Waals surface area contributed by atoms with Gasteiger partial charge in [0.15, 0.2) is 0 Å². The van der Waals surface area contributed by atoms with Crippen LogP contribution in [-0.2, 0) is 13.2 Å². The monoisotopic (exact) mass is 488 g/mol. The van der Waals surface area contributed by atoms with Gasteiger partial charge in [-0.3, -0.25) is 4.79 Å². The molecule has 0 unspecified atom stereocenters. The number of para-hydroxylation sites is 2. The van der Waals surface area contributed by atoms with Gasteiger partial charge in [0.05, 0.1) is 28.5 Å². The second-order valence-electron chi connectivity index (χ2n) is 8.04. The second kappa shape index (κ2) is 8.35. The number of hydrogen-bond donors (Lipinski definition) is 0. The topological polar surface area (TPSA) is 59.2 Å². The van der Waals surface area contributed by atoms with Crippen LogP contribution in [0.2, 0.25) is 5.02 Å². The summed E-state index contributed by atoms with van der Waals surface area (Å²) < 4.78 is 42.1. The minimum Gasteiger partial charge on any atom is -0.368 e. The molecule has 0 bridgehead atoms. The van der Waals surface area contributed by atoms with Gasteiger partial charge in [-0.1, -0.05) is 29.8 Å². The largest absolute Gasteiger partial charge is 0.416 e. The van der Waals surface area contributed by atoms with Crippen molar-refractivity contribution in [2.24, 2.45) is 7.05 Å². The van der Waals surface area contributed by atoms with Crippen LogP contribution in [0.25, 0.3) is 17.0 Å². The van der Waals surface area contributed by atoms with E-state index in [2.05, 4.69) is 10.1 Å². The summed E-state index contributed by atoms with van der Waals surface area (Å²) in [5.74, 6) is 0.356. The van der Waals surface area contributed by atoms with Crippen molar-refractivity contribution in [2.45, 2.75) is 6.18 Å². The zero-order valence-corrected chi connectivity index (χ0v) is 18.9. The predicted octanol–water partition coefficient (Wildman–Crippen LogP) is 4.12. The van der Waals surface area contributed by atoms with Crippen molar-refractivity contribution in [1.82, 2.24) is 19.3 Å². The number of rotatable bonds is 3. The lowest BCUT2D eigenvalue weighted by Crippen LogP contribution is -2.47. The molecule has 1 aliphatic heterocycles. The van der Waals surface area contributed by atoms with Crippen LogP contribution in [0.3, 0.4) is 0 Å². The lowest BCUT2D eigenvalue weighted by molar-refractivity contribution is -0.137. The van der Waals surface area contributed by atoms with Crippen LogP contribution in [0.15, 0.2) is 59.5 Å². The van der Waals surface area contributed by atoms with Crippen LogP contribution in [0.5, 0.6) is 0 Å². The smallest absolute Gasteiger partial charge is 0.368 e. The van der Waals surface area contributed by atoms with Crippen LogP contribution in [0, 0.1) is 0 Å². The lowest BCUT2D eigenvalue weighted by atomic mass is 10.1. The highest BCUT2D eigenvalue weighted by molar-refractivity contribution is 6.33. The number of alkyl halides is 3. The van der Waals surface area contributed by atoms with E-state index in [0.29, 0.717) is 43.5 Å². The molecule has 34 heavy (non-hydrogen) atoms. The summed E-state index contributed by atoms with van der Waals surface area (Å²) in [4.78, 5) is 21.3. The quantitative estimate of drug-likeness (QED) is 0.434. The Morgan fingerprint density at radius 2 is 1.68 bits per heavy atom. The molecule has 0 aliphatic carbocycles. The maximum atomic E-state index is 13.1. The Morgan fingerprint density at radius 1 is 0.971 bits per heavy atom. The summed E-state index contributed by atoms with van der Waals surface area (Å²) in [5.41, 5.74) is 1.43. The van der Waals surface area contributed by atoms with Gasteiger partial charge in [-0.05, 0) is 30.3 Å². The molecule has 7 nitrogen and oxygen atoms in total. The van der Waals surface area contributed by atoms with Crippen molar-refractivity contribution in [3.05, 3.63) is 75.7 Å². The number of piperazine rings is 1. The number of aryl methyl sites for hydroxylation is 1. The molecule has 1 fully saturated rings. The first-order valence-corrected chi connectivity index (χ1v) is 11.0. The first-order valence-electron chi connectivity index (χ1n) is 10.6. The van der Waals surface area contributed by atoms with Crippen LogP contribution < -0.4 is 15.4 Å². The van der Waals surface area contributed by atoms with Crippen molar-refractivity contribution < 1.29 is 13.2 Å². The Hall–Kier alpha value is -3.53. The van der Waals surface area contributed by atoms with Gasteiger partial charge in [-0.25, -0.2) is 4.98 Å². The average molecular weight is 489 g/mol. The van der Waals surface area contributed by atoms with Gasteiger partial charge >= 0.3 is 6.18 Å². The number of nitrogens with zero attached hydrogens (tertiary/aromatic N) is 6. The van der Waals surface area contributed by atoms with Gasteiger partial charge in [-0.15, -0.1) is 0 Å². The van der Waals surface area contributed by atoms with Crippen LogP contribution in [0.1, 0.15) is 5.56 Å². The van der Waals surface area contributed by atoms with E-state index < -0.39 is 17.3 Å². The molecule has 0 radical (unpaired) electrons. The minimum atomic E-state index is -4.39. The zero-order valence-electron chi connectivity index (χ0n) is 18.1. The van der Waals surface area contributed by atoms with Crippen LogP contribution >= 0.6 is 11.6 Å². The third kappa shape index (κ3) is 3.87. The summed E-state index contributed by atoms with van der Waals surface area (Å²) in [6.07, 6.45) is -2.86. The lowest BCUT2D eigenvalue weighted by Gasteiger charge is -2.37. The Bertz CT molecular complexity index is 1420. The molecule has 0 amide bonds. The molecule has 3 heterocycles. The fraction of sp³-hybridized carbons (Fsp3) is 0.261. The van der Waals surface area contributed by atoms with E-state index in [0.717, 1.165) is 23.2 Å². The van der Waals surface area contributed by atoms with Crippen molar-refractivity contribution in [2.75, 3.05) is 36.0 Å². The van der Waals surface area contributed by atoms with Crippen molar-refractivity contribution in [3.63, 3.8) is 0 Å². The molecule has 1 saturated heterocycles. The van der Waals surface area contributed by atoms with E-state index in [9.17, 15) is 18.0 Å². The molecule has 2 aromatic carbocycles. The van der Waals surface area contributed by atoms with E-state index in [-0.39, 0.29) is 5.02 Å². The minimum absolute atomic E-state index is 0.0228. The maximum Gasteiger partial charge on any atom is 0.416 e. The molecule has 5 rings (SSSR count). The van der Waals surface area contributed by atoms with Gasteiger partial charge in [0, 0.05) is 38.9 Å². The highest BCUT2D eigenvalue weighted by Gasteiger charge is 2.31. The molecule has 1 aliphatic rings. The van der Waals surface area contributed by atoms with Gasteiger partial charge in [0.1, 0.15) is 5.02 Å². The Balaban J connectivity index is 1.37. The second-order valence-corrected chi connectivity index (χ2v) is 8.42. The van der Waals surface area contributed by atoms with Crippen LogP contribution in [0.4, 0.5) is 24.5 Å². The van der Waals surface area contributed by atoms with Crippen molar-refractivity contribution >= 4 is 34.0 Å². The van der Waals surface area contributed by atoms with Gasteiger partial charge in [0.25, 0.3) is 5.56 Å². The molecule has 4 aromatic rings. The number of fused-ring (bicyclic) bond motifs is 1. The summed E-state index contributed by atoms with van der Waals surface area (Å²) in [7, 11) is 1.80. The van der Waals surface area contributed by atoms with Crippen molar-refractivity contribution in [3.8, 4) is 5.95 Å². The molecule has 176 valence electrons. The number of benzene rings is 2. The van der Waals surface area contributed by atoms with Crippen molar-refractivity contribution in [1.29, 1.82) is 0 Å². The molecule has 11 heteroatoms. The SMILES string of the molecule is Cn1c(-n2ncc(N3CCN(c4cccc(C(F)(F)F)c4)CC3)c(Cl)c2=O)nc2ccccc21. The maximum absolute atomic E-state index is 13.1. The average Bonchev–Trinajstić information content (AvgIpc) is 3.17. The van der Waals surface area contributed by atoms with Gasteiger partial charge in [0.2, 0.25) is 5.95 Å². The molecule has 0 spiro atoms. The first kappa shape index (κ1) is 22.3. The van der Waals surface area contributed by atoms with Crippen LogP contribution in [-0.4, -0.2) is 45.5 Å². The number of halogens is 4. The van der Waals surface area contributed by atoms with Gasteiger partial charge < -0.3 is 14.4 Å². The van der Waals surface area contributed by atoms with E-state index in [1.807, 2.05) is 34.1 Å². The highest BCUT2D eigenvalue weighted by Crippen LogP contribution is 2.32. The highest BCUT2D eigenvalue weighted by atomic mass is 35.5. The molecule has 0 saturated carbocycles. The Labute approximate surface area is 197 Å². The summed E-state index contributed by atoms with van der Waals surface area (Å²) >= 11 is 6.47. The first-order chi connectivity index (χ1) is 16.2. The number of aromatic nitrogens is 4. The molecular formula is C23H20ClF3N6O. The predicted molar refractivity (Wildman–Crippen MR) is 125 cm³/mol. The third-order valence-electron chi connectivity index (χ3n) is 6.01. The van der Waals surface area contributed by atoms with E-state index >= 15 is 0 Å². The normalized spacial score (nSPS) is 14.7. The molecule has 2 aromatic heterocycles. The fourth-order valence-electron chi connectivity index (χ4n) is 4.19. The van der Waals surface area contributed by atoms with E-state index in [1.165, 1.54) is 16.9 Å². The number of hydrogen-bond acceptors (Lipinski definition) is 5. The third-order valence-corrected chi connectivity index (χ3v) is 6.37. The van der Waals surface area contributed by atoms with Gasteiger partial charge in [-0.2, -0.15) is 23.0 Å². The summed E-state index contributed by atoms with van der Waals surface area (Å²) in [6, 6.07) is 12.8. The Morgan fingerprint density at radius 3 is 2.38 bits per heavy atom.